The van der Waals surface area contributed by atoms with Gasteiger partial charge in [0.15, 0.2) is 11.6 Å². The number of ether oxygens (including phenoxy) is 1. The highest BCUT2D eigenvalue weighted by Crippen LogP contribution is 2.24. The van der Waals surface area contributed by atoms with Crippen molar-refractivity contribution < 1.29 is 18.6 Å². The number of halogens is 2. The van der Waals surface area contributed by atoms with Crippen LogP contribution in [0.5, 0.6) is 11.5 Å². The molecule has 0 spiro atoms. The minimum atomic E-state index is -0.951. The van der Waals surface area contributed by atoms with Crippen LogP contribution in [0.25, 0.3) is 0 Å². The molecule has 2 nitrogen and oxygen atoms in total. The molecular weight excluding hydrogens is 238 g/mol. The summed E-state index contributed by atoms with van der Waals surface area (Å²) in [6.45, 7) is 1.66. The minimum Gasteiger partial charge on any atom is -0.457 e. The van der Waals surface area contributed by atoms with Crippen LogP contribution in [0.15, 0.2) is 42.5 Å². The predicted molar refractivity (Wildman–Crippen MR) is 63.5 cm³/mol. The molecule has 0 aliphatic rings. The van der Waals surface area contributed by atoms with E-state index < -0.39 is 17.7 Å². The van der Waals surface area contributed by atoms with Crippen molar-refractivity contribution in [3.8, 4) is 11.5 Å². The molecule has 1 N–H and O–H groups in total. The van der Waals surface area contributed by atoms with Gasteiger partial charge in [-0.15, -0.1) is 0 Å². The standard InChI is InChI=1S/C14H12F2O2/c1-9(17)10-2-4-11(5-3-10)18-12-6-7-13(15)14(16)8-12/h2-9,17H,1H3/t9-/m1/s1. The fourth-order valence-corrected chi connectivity index (χ4v) is 1.49. The lowest BCUT2D eigenvalue weighted by Gasteiger charge is -2.08. The Hall–Kier alpha value is -1.94. The zero-order chi connectivity index (χ0) is 13.1. The summed E-state index contributed by atoms with van der Waals surface area (Å²) < 4.78 is 31.0. The highest BCUT2D eigenvalue weighted by atomic mass is 19.2. The van der Waals surface area contributed by atoms with Gasteiger partial charge in [-0.05, 0) is 36.8 Å². The molecular formula is C14H12F2O2. The second-order valence-electron chi connectivity index (χ2n) is 3.92. The summed E-state index contributed by atoms with van der Waals surface area (Å²) in [5.74, 6) is -1.15. The fraction of sp³-hybridized carbons (Fsp3) is 0.143. The molecule has 0 aromatic heterocycles. The topological polar surface area (TPSA) is 29.5 Å². The first-order valence-electron chi connectivity index (χ1n) is 5.47. The molecule has 18 heavy (non-hydrogen) atoms. The van der Waals surface area contributed by atoms with Crippen LogP contribution in [-0.2, 0) is 0 Å². The van der Waals surface area contributed by atoms with Gasteiger partial charge in [0.1, 0.15) is 11.5 Å². The van der Waals surface area contributed by atoms with E-state index in [-0.39, 0.29) is 5.75 Å². The van der Waals surface area contributed by atoms with E-state index in [1.165, 1.54) is 6.07 Å². The van der Waals surface area contributed by atoms with Crippen LogP contribution in [0.1, 0.15) is 18.6 Å². The van der Waals surface area contributed by atoms with Gasteiger partial charge in [-0.3, -0.25) is 0 Å². The third kappa shape index (κ3) is 2.84. The summed E-state index contributed by atoms with van der Waals surface area (Å²) in [5, 5.41) is 9.34. The predicted octanol–water partition coefficient (Wildman–Crippen LogP) is 3.81. The zero-order valence-corrected chi connectivity index (χ0v) is 9.73. The Balaban J connectivity index is 2.15. The Morgan fingerprint density at radius 2 is 1.56 bits per heavy atom. The van der Waals surface area contributed by atoms with Crippen LogP contribution in [0, 0.1) is 11.6 Å². The molecule has 1 atom stereocenters. The Bertz CT molecular complexity index is 536. The molecule has 0 amide bonds. The Morgan fingerprint density at radius 3 is 2.11 bits per heavy atom. The Labute approximate surface area is 103 Å². The van der Waals surface area contributed by atoms with Gasteiger partial charge < -0.3 is 9.84 Å². The summed E-state index contributed by atoms with van der Waals surface area (Å²) in [6, 6.07) is 10.1. The maximum Gasteiger partial charge on any atom is 0.162 e. The number of hydrogen-bond acceptors (Lipinski definition) is 2. The van der Waals surface area contributed by atoms with Gasteiger partial charge in [0.2, 0.25) is 0 Å². The molecule has 0 aliphatic heterocycles. The summed E-state index contributed by atoms with van der Waals surface area (Å²) in [5.41, 5.74) is 0.757. The molecule has 94 valence electrons. The SMILES string of the molecule is C[C@@H](O)c1ccc(Oc2ccc(F)c(F)c2)cc1. The summed E-state index contributed by atoms with van der Waals surface area (Å²) >= 11 is 0. The van der Waals surface area contributed by atoms with Crippen molar-refractivity contribution >= 4 is 0 Å². The second-order valence-corrected chi connectivity index (χ2v) is 3.92. The van der Waals surface area contributed by atoms with Crippen molar-refractivity contribution in [2.75, 3.05) is 0 Å². The Morgan fingerprint density at radius 1 is 0.944 bits per heavy atom. The van der Waals surface area contributed by atoms with Crippen molar-refractivity contribution in [2.45, 2.75) is 13.0 Å². The van der Waals surface area contributed by atoms with Gasteiger partial charge in [0, 0.05) is 6.07 Å². The largest absolute Gasteiger partial charge is 0.457 e. The maximum absolute atomic E-state index is 13.0. The molecule has 0 radical (unpaired) electrons. The normalized spacial score (nSPS) is 12.2. The van der Waals surface area contributed by atoms with E-state index in [4.69, 9.17) is 4.74 Å². The first-order valence-corrected chi connectivity index (χ1v) is 5.47. The van der Waals surface area contributed by atoms with Gasteiger partial charge in [0.25, 0.3) is 0 Å². The monoisotopic (exact) mass is 250 g/mol. The molecule has 2 aromatic rings. The van der Waals surface area contributed by atoms with Crippen LogP contribution in [0.3, 0.4) is 0 Å². The van der Waals surface area contributed by atoms with Gasteiger partial charge in [-0.2, -0.15) is 0 Å². The van der Waals surface area contributed by atoms with Crippen LogP contribution >= 0.6 is 0 Å². The number of hydrogen-bond donors (Lipinski definition) is 1. The van der Waals surface area contributed by atoms with Crippen molar-refractivity contribution in [3.05, 3.63) is 59.7 Å². The van der Waals surface area contributed by atoms with Crippen molar-refractivity contribution in [2.24, 2.45) is 0 Å². The smallest absolute Gasteiger partial charge is 0.162 e. The van der Waals surface area contributed by atoms with E-state index in [9.17, 15) is 13.9 Å². The number of rotatable bonds is 3. The van der Waals surface area contributed by atoms with Crippen molar-refractivity contribution in [1.82, 2.24) is 0 Å². The molecule has 0 aliphatic carbocycles. The van der Waals surface area contributed by atoms with Gasteiger partial charge in [-0.1, -0.05) is 12.1 Å². The lowest BCUT2D eigenvalue weighted by Crippen LogP contribution is -1.91. The van der Waals surface area contributed by atoms with Crippen molar-refractivity contribution in [1.29, 1.82) is 0 Å². The summed E-state index contributed by atoms with van der Waals surface area (Å²) in [7, 11) is 0. The lowest BCUT2D eigenvalue weighted by atomic mass is 10.1. The number of aliphatic hydroxyl groups is 1. The van der Waals surface area contributed by atoms with E-state index in [1.807, 2.05) is 0 Å². The van der Waals surface area contributed by atoms with Crippen LogP contribution in [-0.4, -0.2) is 5.11 Å². The van der Waals surface area contributed by atoms with E-state index >= 15 is 0 Å². The summed E-state index contributed by atoms with van der Waals surface area (Å²) in [6.07, 6.45) is -0.553. The average Bonchev–Trinajstić information content (AvgIpc) is 2.34. The van der Waals surface area contributed by atoms with E-state index in [1.54, 1.807) is 31.2 Å². The molecule has 0 heterocycles. The molecule has 0 fully saturated rings. The van der Waals surface area contributed by atoms with Gasteiger partial charge in [0.05, 0.1) is 6.10 Å². The second kappa shape index (κ2) is 5.14. The highest BCUT2D eigenvalue weighted by molar-refractivity contribution is 5.34. The molecule has 0 unspecified atom stereocenters. The molecule has 4 heteroatoms. The third-order valence-electron chi connectivity index (χ3n) is 2.49. The number of benzene rings is 2. The first-order chi connectivity index (χ1) is 8.56. The molecule has 2 aromatic carbocycles. The first kappa shape index (κ1) is 12.5. The molecule has 0 bridgehead atoms. The lowest BCUT2D eigenvalue weighted by molar-refractivity contribution is 0.199. The Kier molecular flexibility index (Phi) is 3.58. The molecule has 0 saturated carbocycles. The maximum atomic E-state index is 13.0. The summed E-state index contributed by atoms with van der Waals surface area (Å²) in [4.78, 5) is 0. The quantitative estimate of drug-likeness (QED) is 0.897. The fourth-order valence-electron chi connectivity index (χ4n) is 1.49. The molecule has 2 rings (SSSR count). The van der Waals surface area contributed by atoms with Crippen molar-refractivity contribution in [3.63, 3.8) is 0 Å². The number of aliphatic hydroxyl groups excluding tert-OH is 1. The minimum absolute atomic E-state index is 0.221. The van der Waals surface area contributed by atoms with Gasteiger partial charge >= 0.3 is 0 Å². The highest BCUT2D eigenvalue weighted by Gasteiger charge is 2.05. The van der Waals surface area contributed by atoms with E-state index in [0.29, 0.717) is 5.75 Å². The van der Waals surface area contributed by atoms with E-state index in [2.05, 4.69) is 0 Å². The third-order valence-corrected chi connectivity index (χ3v) is 2.49. The molecule has 0 saturated heterocycles. The van der Waals surface area contributed by atoms with Crippen LogP contribution in [0.2, 0.25) is 0 Å². The van der Waals surface area contributed by atoms with Crippen LogP contribution < -0.4 is 4.74 Å². The average molecular weight is 250 g/mol. The van der Waals surface area contributed by atoms with Crippen LogP contribution in [0.4, 0.5) is 8.78 Å². The van der Waals surface area contributed by atoms with E-state index in [0.717, 1.165) is 17.7 Å². The zero-order valence-electron chi connectivity index (χ0n) is 9.73. The van der Waals surface area contributed by atoms with Gasteiger partial charge in [-0.25, -0.2) is 8.78 Å².